The van der Waals surface area contributed by atoms with E-state index in [-0.39, 0.29) is 28.3 Å². The average molecular weight is 557 g/mol. The molecule has 0 saturated carbocycles. The molecule has 0 aliphatic carbocycles. The number of carbonyl (C=O) groups is 3. The Bertz CT molecular complexity index is 1600. The number of hydrogen-bond acceptors (Lipinski definition) is 7. The van der Waals surface area contributed by atoms with E-state index >= 15 is 0 Å². The number of nitrogens with zero attached hydrogens (tertiary/aromatic N) is 2. The van der Waals surface area contributed by atoms with E-state index in [2.05, 4.69) is 15.8 Å². The van der Waals surface area contributed by atoms with Gasteiger partial charge in [-0.25, -0.2) is 10.2 Å². The molecular formula is C29H21ClN4O6. The van der Waals surface area contributed by atoms with Crippen LogP contribution in [0.4, 0.5) is 11.4 Å². The maximum absolute atomic E-state index is 12.6. The van der Waals surface area contributed by atoms with Crippen LogP contribution in [0, 0.1) is 17.0 Å². The fourth-order valence-corrected chi connectivity index (χ4v) is 3.60. The maximum atomic E-state index is 12.6. The molecule has 2 amide bonds. The molecule has 4 rings (SSSR count). The lowest BCUT2D eigenvalue weighted by Gasteiger charge is -2.08. The standard InChI is InChI=1S/C29H21ClN4O6/c1-18-5-7-21(8-6-18)29(37)40-26-22(3-2-4-25(26)34(38)39)17-31-33-28(36)20-11-15-24(16-12-20)32-27(35)19-9-13-23(30)14-10-19/h2-17H,1H3,(H,32,35)(H,33,36)/b31-17+. The van der Waals surface area contributed by atoms with Crippen LogP contribution >= 0.6 is 11.6 Å². The molecule has 0 heterocycles. The number of halogens is 1. The molecule has 0 fully saturated rings. The second-order valence-electron chi connectivity index (χ2n) is 8.45. The zero-order valence-corrected chi connectivity index (χ0v) is 21.7. The number of hydrogen-bond donors (Lipinski definition) is 2. The molecule has 0 saturated heterocycles. The molecule has 0 atom stereocenters. The van der Waals surface area contributed by atoms with Crippen LogP contribution in [0.3, 0.4) is 0 Å². The van der Waals surface area contributed by atoms with Gasteiger partial charge in [0.2, 0.25) is 5.75 Å². The van der Waals surface area contributed by atoms with Crippen molar-refractivity contribution in [2.75, 3.05) is 5.32 Å². The lowest BCUT2D eigenvalue weighted by Crippen LogP contribution is -2.18. The number of esters is 1. The summed E-state index contributed by atoms with van der Waals surface area (Å²) in [5.41, 5.74) is 4.28. The van der Waals surface area contributed by atoms with Crippen molar-refractivity contribution in [3.63, 3.8) is 0 Å². The Morgan fingerprint density at radius 2 is 1.45 bits per heavy atom. The second-order valence-corrected chi connectivity index (χ2v) is 8.88. The Kier molecular flexibility index (Phi) is 8.62. The Morgan fingerprint density at radius 1 is 0.850 bits per heavy atom. The van der Waals surface area contributed by atoms with Crippen LogP contribution in [0.25, 0.3) is 0 Å². The van der Waals surface area contributed by atoms with Gasteiger partial charge in [0, 0.05) is 33.5 Å². The van der Waals surface area contributed by atoms with Crippen LogP contribution in [0.15, 0.2) is 96.1 Å². The smallest absolute Gasteiger partial charge is 0.343 e. The molecule has 0 spiro atoms. The van der Waals surface area contributed by atoms with Gasteiger partial charge in [-0.3, -0.25) is 19.7 Å². The minimum absolute atomic E-state index is 0.107. The molecule has 11 heteroatoms. The van der Waals surface area contributed by atoms with Crippen molar-refractivity contribution in [3.8, 4) is 5.75 Å². The molecule has 0 bridgehead atoms. The number of benzene rings is 4. The highest BCUT2D eigenvalue weighted by molar-refractivity contribution is 6.30. The number of hydrazone groups is 1. The van der Waals surface area contributed by atoms with Crippen molar-refractivity contribution in [1.29, 1.82) is 0 Å². The summed E-state index contributed by atoms with van der Waals surface area (Å²) in [5, 5.41) is 18.7. The third-order valence-electron chi connectivity index (χ3n) is 5.58. The minimum Gasteiger partial charge on any atom is -0.415 e. The topological polar surface area (TPSA) is 140 Å². The van der Waals surface area contributed by atoms with E-state index in [1.165, 1.54) is 30.3 Å². The first-order valence-electron chi connectivity index (χ1n) is 11.8. The molecule has 0 aromatic heterocycles. The molecule has 4 aromatic carbocycles. The predicted octanol–water partition coefficient (Wildman–Crippen LogP) is 5.79. The molecular weight excluding hydrogens is 536 g/mol. The summed E-state index contributed by atoms with van der Waals surface area (Å²) in [6, 6.07) is 23.1. The summed E-state index contributed by atoms with van der Waals surface area (Å²) in [6.45, 7) is 1.86. The van der Waals surface area contributed by atoms with Crippen molar-refractivity contribution in [2.45, 2.75) is 6.92 Å². The van der Waals surface area contributed by atoms with Crippen molar-refractivity contribution in [3.05, 3.63) is 134 Å². The number of nitrogens with one attached hydrogen (secondary N) is 2. The number of nitro benzene ring substituents is 1. The third-order valence-corrected chi connectivity index (χ3v) is 5.84. The Hall–Kier alpha value is -5.35. The number of aryl methyl sites for hydroxylation is 1. The summed E-state index contributed by atoms with van der Waals surface area (Å²) < 4.78 is 5.36. The summed E-state index contributed by atoms with van der Waals surface area (Å²) in [6.07, 6.45) is 1.14. The number of nitro groups is 1. The predicted molar refractivity (Wildman–Crippen MR) is 150 cm³/mol. The van der Waals surface area contributed by atoms with Gasteiger partial charge in [0.15, 0.2) is 0 Å². The van der Waals surface area contributed by atoms with E-state index in [4.69, 9.17) is 16.3 Å². The number of amides is 2. The first kappa shape index (κ1) is 27.7. The fraction of sp³-hybridized carbons (Fsp3) is 0.0345. The Balaban J connectivity index is 1.43. The molecule has 0 unspecified atom stereocenters. The number of anilines is 1. The second kappa shape index (κ2) is 12.5. The van der Waals surface area contributed by atoms with Gasteiger partial charge in [0.1, 0.15) is 0 Å². The number of rotatable bonds is 8. The SMILES string of the molecule is Cc1ccc(C(=O)Oc2c(/C=N/NC(=O)c3ccc(NC(=O)c4ccc(Cl)cc4)cc3)cccc2[N+](=O)[O-])cc1. The molecule has 0 aliphatic heterocycles. The molecule has 4 aromatic rings. The zero-order valence-electron chi connectivity index (χ0n) is 21.0. The van der Waals surface area contributed by atoms with E-state index in [9.17, 15) is 24.5 Å². The summed E-state index contributed by atoms with van der Waals surface area (Å²) in [4.78, 5) is 48.4. The van der Waals surface area contributed by atoms with Crippen molar-refractivity contribution >= 4 is 47.0 Å². The minimum atomic E-state index is -0.781. The maximum Gasteiger partial charge on any atom is 0.343 e. The highest BCUT2D eigenvalue weighted by Gasteiger charge is 2.22. The number of para-hydroxylation sites is 1. The molecule has 2 N–H and O–H groups in total. The van der Waals surface area contributed by atoms with Gasteiger partial charge in [-0.15, -0.1) is 0 Å². The lowest BCUT2D eigenvalue weighted by molar-refractivity contribution is -0.385. The van der Waals surface area contributed by atoms with Crippen molar-refractivity contribution < 1.29 is 24.0 Å². The van der Waals surface area contributed by atoms with Crippen LogP contribution < -0.4 is 15.5 Å². The van der Waals surface area contributed by atoms with E-state index < -0.39 is 22.5 Å². The third kappa shape index (κ3) is 6.94. The lowest BCUT2D eigenvalue weighted by atomic mass is 10.1. The van der Waals surface area contributed by atoms with Crippen LogP contribution in [-0.4, -0.2) is 28.9 Å². The highest BCUT2D eigenvalue weighted by atomic mass is 35.5. The number of carbonyl (C=O) groups excluding carboxylic acids is 3. The highest BCUT2D eigenvalue weighted by Crippen LogP contribution is 2.30. The monoisotopic (exact) mass is 556 g/mol. The van der Waals surface area contributed by atoms with E-state index in [0.717, 1.165) is 11.8 Å². The quantitative estimate of drug-likeness (QED) is 0.0925. The molecule has 0 aliphatic rings. The van der Waals surface area contributed by atoms with Gasteiger partial charge >= 0.3 is 11.7 Å². The van der Waals surface area contributed by atoms with Gasteiger partial charge < -0.3 is 10.1 Å². The Morgan fingerprint density at radius 3 is 2.10 bits per heavy atom. The molecule has 200 valence electrons. The van der Waals surface area contributed by atoms with Crippen molar-refractivity contribution in [1.82, 2.24) is 5.43 Å². The molecule has 0 radical (unpaired) electrons. The van der Waals surface area contributed by atoms with Crippen LogP contribution in [0.1, 0.15) is 42.2 Å². The Labute approximate surface area is 233 Å². The van der Waals surface area contributed by atoms with Gasteiger partial charge in [0.25, 0.3) is 11.8 Å². The normalized spacial score (nSPS) is 10.7. The summed E-state index contributed by atoms with van der Waals surface area (Å²) in [7, 11) is 0. The van der Waals surface area contributed by atoms with Gasteiger partial charge in [0.05, 0.1) is 16.7 Å². The van der Waals surface area contributed by atoms with E-state index in [1.54, 1.807) is 60.7 Å². The van der Waals surface area contributed by atoms with Gasteiger partial charge in [-0.2, -0.15) is 5.10 Å². The largest absolute Gasteiger partial charge is 0.415 e. The van der Waals surface area contributed by atoms with Crippen LogP contribution in [-0.2, 0) is 0 Å². The summed E-state index contributed by atoms with van der Waals surface area (Å²) in [5.74, 6) is -2.00. The first-order chi connectivity index (χ1) is 19.2. The average Bonchev–Trinajstić information content (AvgIpc) is 2.94. The summed E-state index contributed by atoms with van der Waals surface area (Å²) >= 11 is 5.84. The van der Waals surface area contributed by atoms with Crippen molar-refractivity contribution in [2.24, 2.45) is 5.10 Å². The molecule has 40 heavy (non-hydrogen) atoms. The number of ether oxygens (including phenoxy) is 1. The molecule has 10 nitrogen and oxygen atoms in total. The fourth-order valence-electron chi connectivity index (χ4n) is 3.47. The van der Waals surface area contributed by atoms with E-state index in [1.807, 2.05) is 6.92 Å². The first-order valence-corrected chi connectivity index (χ1v) is 12.2. The van der Waals surface area contributed by atoms with Gasteiger partial charge in [-0.05, 0) is 73.7 Å². The van der Waals surface area contributed by atoms with Gasteiger partial charge in [-0.1, -0.05) is 35.4 Å². The van der Waals surface area contributed by atoms with Crippen LogP contribution in [0.5, 0.6) is 5.75 Å². The van der Waals surface area contributed by atoms with Crippen LogP contribution in [0.2, 0.25) is 5.02 Å². The zero-order chi connectivity index (χ0) is 28.6. The van der Waals surface area contributed by atoms with E-state index in [0.29, 0.717) is 16.3 Å².